The van der Waals surface area contributed by atoms with E-state index in [1.807, 2.05) is 0 Å². The van der Waals surface area contributed by atoms with Crippen LogP contribution in [0.4, 0.5) is 0 Å². The van der Waals surface area contributed by atoms with Crippen LogP contribution in [0.15, 0.2) is 0 Å². The molecule has 0 spiro atoms. The standard InChI is InChI=1S/C10H20N2.CH2O2/c1-2-6-12-10(3-1)9-4-7-11-8-5-9;2-1-3/h9-12H,1-8H2;1H,(H,2,3). The maximum Gasteiger partial charge on any atom is 0.290 e. The van der Waals surface area contributed by atoms with Gasteiger partial charge in [0.1, 0.15) is 0 Å². The Morgan fingerprint density at radius 1 is 1.07 bits per heavy atom. The molecule has 2 aliphatic rings. The zero-order chi connectivity index (χ0) is 10.9. The summed E-state index contributed by atoms with van der Waals surface area (Å²) < 4.78 is 0. The monoisotopic (exact) mass is 214 g/mol. The molecule has 2 rings (SSSR count). The summed E-state index contributed by atoms with van der Waals surface area (Å²) in [6.45, 7) is 3.49. The fourth-order valence-electron chi connectivity index (χ4n) is 2.53. The molecule has 1 atom stereocenters. The van der Waals surface area contributed by atoms with Gasteiger partial charge in [0.05, 0.1) is 0 Å². The van der Waals surface area contributed by atoms with Gasteiger partial charge in [-0.1, -0.05) is 6.42 Å². The minimum absolute atomic E-state index is 0.250. The first-order chi connectivity index (χ1) is 7.38. The van der Waals surface area contributed by atoms with E-state index in [9.17, 15) is 0 Å². The van der Waals surface area contributed by atoms with Crippen LogP contribution in [0, 0.1) is 5.92 Å². The summed E-state index contributed by atoms with van der Waals surface area (Å²) in [5, 5.41) is 14.0. The molecule has 0 aliphatic carbocycles. The van der Waals surface area contributed by atoms with E-state index in [1.54, 1.807) is 0 Å². The van der Waals surface area contributed by atoms with Crippen LogP contribution >= 0.6 is 0 Å². The average molecular weight is 214 g/mol. The van der Waals surface area contributed by atoms with Crippen molar-refractivity contribution in [3.63, 3.8) is 0 Å². The third-order valence-electron chi connectivity index (χ3n) is 3.30. The van der Waals surface area contributed by atoms with Crippen LogP contribution in [0.1, 0.15) is 32.1 Å². The molecule has 4 nitrogen and oxygen atoms in total. The highest BCUT2D eigenvalue weighted by atomic mass is 16.3. The van der Waals surface area contributed by atoms with Gasteiger partial charge in [-0.25, -0.2) is 0 Å². The zero-order valence-electron chi connectivity index (χ0n) is 9.24. The molecular formula is C11H22N2O2. The quantitative estimate of drug-likeness (QED) is 0.566. The molecule has 0 aromatic rings. The van der Waals surface area contributed by atoms with Crippen LogP contribution in [-0.2, 0) is 4.79 Å². The summed E-state index contributed by atoms with van der Waals surface area (Å²) in [5.41, 5.74) is 0. The fourth-order valence-corrected chi connectivity index (χ4v) is 2.53. The van der Waals surface area contributed by atoms with Crippen molar-refractivity contribution in [2.45, 2.75) is 38.1 Å². The van der Waals surface area contributed by atoms with Crippen LogP contribution in [0.5, 0.6) is 0 Å². The van der Waals surface area contributed by atoms with Crippen LogP contribution in [-0.4, -0.2) is 37.3 Å². The molecule has 2 heterocycles. The SMILES string of the molecule is C1CCC(C2CCNCC2)NC1.O=CO. The third kappa shape index (κ3) is 4.62. The van der Waals surface area contributed by atoms with Gasteiger partial charge in [-0.15, -0.1) is 0 Å². The Morgan fingerprint density at radius 3 is 2.27 bits per heavy atom. The number of nitrogens with one attached hydrogen (secondary N) is 2. The second-order valence-corrected chi connectivity index (χ2v) is 4.25. The van der Waals surface area contributed by atoms with E-state index in [4.69, 9.17) is 9.90 Å². The Labute approximate surface area is 91.4 Å². The van der Waals surface area contributed by atoms with Gasteiger partial charge in [-0.3, -0.25) is 4.79 Å². The highest BCUT2D eigenvalue weighted by molar-refractivity contribution is 5.32. The minimum atomic E-state index is -0.250. The van der Waals surface area contributed by atoms with E-state index in [0.717, 1.165) is 12.0 Å². The highest BCUT2D eigenvalue weighted by Crippen LogP contribution is 2.22. The summed E-state index contributed by atoms with van der Waals surface area (Å²) in [7, 11) is 0. The van der Waals surface area contributed by atoms with Crippen molar-refractivity contribution in [3.05, 3.63) is 0 Å². The van der Waals surface area contributed by atoms with E-state index in [0.29, 0.717) is 0 Å². The zero-order valence-corrected chi connectivity index (χ0v) is 9.24. The number of rotatable bonds is 1. The van der Waals surface area contributed by atoms with Crippen molar-refractivity contribution in [1.82, 2.24) is 10.6 Å². The molecule has 0 saturated carbocycles. The number of hydrogen-bond acceptors (Lipinski definition) is 3. The molecule has 0 amide bonds. The largest absolute Gasteiger partial charge is 0.483 e. The minimum Gasteiger partial charge on any atom is -0.483 e. The molecule has 1 unspecified atom stereocenters. The van der Waals surface area contributed by atoms with Gasteiger partial charge >= 0.3 is 0 Å². The van der Waals surface area contributed by atoms with Gasteiger partial charge in [0, 0.05) is 6.04 Å². The first-order valence-electron chi connectivity index (χ1n) is 5.90. The van der Waals surface area contributed by atoms with Crippen LogP contribution in [0.3, 0.4) is 0 Å². The maximum atomic E-state index is 8.36. The predicted molar refractivity (Wildman–Crippen MR) is 59.9 cm³/mol. The molecule has 0 aromatic heterocycles. The Morgan fingerprint density at radius 2 is 1.73 bits per heavy atom. The number of piperidine rings is 2. The third-order valence-corrected chi connectivity index (χ3v) is 3.30. The Bertz CT molecular complexity index is 148. The summed E-state index contributed by atoms with van der Waals surface area (Å²) in [5.74, 6) is 0.964. The predicted octanol–water partition coefficient (Wildman–Crippen LogP) is 0.829. The summed E-state index contributed by atoms with van der Waals surface area (Å²) in [6, 6.07) is 0.848. The molecule has 15 heavy (non-hydrogen) atoms. The van der Waals surface area contributed by atoms with E-state index in [2.05, 4.69) is 10.6 Å². The van der Waals surface area contributed by atoms with Crippen molar-refractivity contribution < 1.29 is 9.90 Å². The normalized spacial score (nSPS) is 27.6. The van der Waals surface area contributed by atoms with Crippen LogP contribution < -0.4 is 10.6 Å². The topological polar surface area (TPSA) is 61.4 Å². The van der Waals surface area contributed by atoms with E-state index in [1.165, 1.54) is 51.7 Å². The first-order valence-corrected chi connectivity index (χ1v) is 5.90. The fraction of sp³-hybridized carbons (Fsp3) is 0.909. The summed E-state index contributed by atoms with van der Waals surface area (Å²) in [4.78, 5) is 8.36. The number of carboxylic acid groups (broad SMARTS) is 1. The molecule has 2 aliphatic heterocycles. The lowest BCUT2D eigenvalue weighted by molar-refractivity contribution is -0.122. The van der Waals surface area contributed by atoms with Crippen molar-refractivity contribution in [1.29, 1.82) is 0 Å². The number of hydrogen-bond donors (Lipinski definition) is 3. The molecule has 3 N–H and O–H groups in total. The van der Waals surface area contributed by atoms with Gasteiger partial charge in [0.2, 0.25) is 0 Å². The average Bonchev–Trinajstić information content (AvgIpc) is 2.32. The molecular weight excluding hydrogens is 192 g/mol. The molecule has 88 valence electrons. The molecule has 0 bridgehead atoms. The molecule has 2 fully saturated rings. The maximum absolute atomic E-state index is 8.36. The Balaban J connectivity index is 0.000000337. The van der Waals surface area contributed by atoms with Crippen molar-refractivity contribution in [2.24, 2.45) is 5.92 Å². The molecule has 2 saturated heterocycles. The lowest BCUT2D eigenvalue weighted by atomic mass is 9.86. The Hall–Kier alpha value is -0.610. The smallest absolute Gasteiger partial charge is 0.290 e. The van der Waals surface area contributed by atoms with E-state index in [-0.39, 0.29) is 6.47 Å². The lowest BCUT2D eigenvalue weighted by Crippen LogP contribution is -2.44. The van der Waals surface area contributed by atoms with E-state index < -0.39 is 0 Å². The van der Waals surface area contributed by atoms with Gasteiger partial charge in [0.15, 0.2) is 0 Å². The first kappa shape index (κ1) is 12.5. The van der Waals surface area contributed by atoms with Gasteiger partial charge < -0.3 is 15.7 Å². The highest BCUT2D eigenvalue weighted by Gasteiger charge is 2.24. The second-order valence-electron chi connectivity index (χ2n) is 4.25. The van der Waals surface area contributed by atoms with Crippen LogP contribution in [0.25, 0.3) is 0 Å². The number of carbonyl (C=O) groups is 1. The van der Waals surface area contributed by atoms with Gasteiger partial charge in [-0.2, -0.15) is 0 Å². The summed E-state index contributed by atoms with van der Waals surface area (Å²) >= 11 is 0. The molecule has 0 radical (unpaired) electrons. The molecule has 0 aromatic carbocycles. The van der Waals surface area contributed by atoms with Crippen LogP contribution in [0.2, 0.25) is 0 Å². The van der Waals surface area contributed by atoms with Gasteiger partial charge in [0.25, 0.3) is 6.47 Å². The van der Waals surface area contributed by atoms with Crippen molar-refractivity contribution >= 4 is 6.47 Å². The Kier molecular flexibility index (Phi) is 6.36. The second kappa shape index (κ2) is 7.65. The van der Waals surface area contributed by atoms with Crippen molar-refractivity contribution in [3.8, 4) is 0 Å². The molecule has 4 heteroatoms. The van der Waals surface area contributed by atoms with Gasteiger partial charge in [-0.05, 0) is 51.2 Å². The lowest BCUT2D eigenvalue weighted by Gasteiger charge is -2.34. The summed E-state index contributed by atoms with van der Waals surface area (Å²) in [6.07, 6.45) is 7.03. The van der Waals surface area contributed by atoms with Crippen molar-refractivity contribution in [2.75, 3.05) is 19.6 Å². The van der Waals surface area contributed by atoms with E-state index >= 15 is 0 Å².